The van der Waals surface area contributed by atoms with E-state index in [-0.39, 0.29) is 6.04 Å². The third-order valence-corrected chi connectivity index (χ3v) is 3.37. The molecule has 20 heavy (non-hydrogen) atoms. The predicted octanol–water partition coefficient (Wildman–Crippen LogP) is 3.38. The largest absolute Gasteiger partial charge is 0.308 e. The highest BCUT2D eigenvalue weighted by molar-refractivity contribution is 5.26. The van der Waals surface area contributed by atoms with Gasteiger partial charge in [0, 0.05) is 24.5 Å². The molecule has 0 saturated heterocycles. The summed E-state index contributed by atoms with van der Waals surface area (Å²) >= 11 is 0. The molecule has 3 heteroatoms. The van der Waals surface area contributed by atoms with Crippen molar-refractivity contribution in [1.82, 2.24) is 15.3 Å². The van der Waals surface area contributed by atoms with E-state index in [9.17, 15) is 0 Å². The van der Waals surface area contributed by atoms with Crippen molar-refractivity contribution in [2.45, 2.75) is 39.7 Å². The van der Waals surface area contributed by atoms with E-state index >= 15 is 0 Å². The van der Waals surface area contributed by atoms with E-state index in [2.05, 4.69) is 48.2 Å². The fourth-order valence-electron chi connectivity index (χ4n) is 2.40. The van der Waals surface area contributed by atoms with E-state index < -0.39 is 0 Å². The van der Waals surface area contributed by atoms with Gasteiger partial charge in [0.15, 0.2) is 0 Å². The summed E-state index contributed by atoms with van der Waals surface area (Å²) in [6.07, 6.45) is 5.78. The van der Waals surface area contributed by atoms with Gasteiger partial charge in [-0.25, -0.2) is 0 Å². The molecule has 2 heterocycles. The van der Waals surface area contributed by atoms with Crippen LogP contribution >= 0.6 is 0 Å². The van der Waals surface area contributed by atoms with Crippen LogP contribution in [0.4, 0.5) is 0 Å². The van der Waals surface area contributed by atoms with Crippen molar-refractivity contribution >= 4 is 0 Å². The lowest BCUT2D eigenvalue weighted by Crippen LogP contribution is -2.26. The molecule has 0 radical (unpaired) electrons. The van der Waals surface area contributed by atoms with E-state index in [1.807, 2.05) is 24.5 Å². The van der Waals surface area contributed by atoms with Crippen LogP contribution in [0.1, 0.15) is 41.9 Å². The number of nitrogens with zero attached hydrogens (tertiary/aromatic N) is 2. The van der Waals surface area contributed by atoms with Crippen molar-refractivity contribution in [1.29, 1.82) is 0 Å². The molecule has 0 bridgehead atoms. The Bertz CT molecular complexity index is 537. The van der Waals surface area contributed by atoms with Crippen molar-refractivity contribution in [2.24, 2.45) is 0 Å². The van der Waals surface area contributed by atoms with Gasteiger partial charge in [0.25, 0.3) is 0 Å². The summed E-state index contributed by atoms with van der Waals surface area (Å²) in [4.78, 5) is 9.07. The van der Waals surface area contributed by atoms with Crippen molar-refractivity contribution in [3.05, 3.63) is 59.2 Å². The van der Waals surface area contributed by atoms with Crippen LogP contribution < -0.4 is 5.32 Å². The van der Waals surface area contributed by atoms with Gasteiger partial charge in [-0.15, -0.1) is 0 Å². The van der Waals surface area contributed by atoms with Gasteiger partial charge in [-0.2, -0.15) is 0 Å². The highest BCUT2D eigenvalue weighted by Gasteiger charge is 2.16. The van der Waals surface area contributed by atoms with Gasteiger partial charge in [0.05, 0.1) is 11.7 Å². The lowest BCUT2D eigenvalue weighted by molar-refractivity contribution is 0.510. The number of aryl methyl sites for hydroxylation is 2. The van der Waals surface area contributed by atoms with Gasteiger partial charge in [-0.1, -0.05) is 19.1 Å². The van der Waals surface area contributed by atoms with Crippen molar-refractivity contribution in [3.8, 4) is 0 Å². The maximum absolute atomic E-state index is 4.64. The molecule has 0 saturated carbocycles. The zero-order valence-electron chi connectivity index (χ0n) is 12.6. The van der Waals surface area contributed by atoms with Crippen LogP contribution in [-0.2, 0) is 6.42 Å². The van der Waals surface area contributed by atoms with E-state index in [4.69, 9.17) is 0 Å². The van der Waals surface area contributed by atoms with E-state index in [1.165, 1.54) is 11.1 Å². The molecule has 0 amide bonds. The maximum atomic E-state index is 4.64. The van der Waals surface area contributed by atoms with Crippen LogP contribution in [0.2, 0.25) is 0 Å². The number of pyridine rings is 2. The molecule has 0 spiro atoms. The zero-order chi connectivity index (χ0) is 14.4. The number of nitrogens with one attached hydrogen (secondary N) is 1. The Morgan fingerprint density at radius 2 is 2.05 bits per heavy atom. The maximum Gasteiger partial charge on any atom is 0.0606 e. The van der Waals surface area contributed by atoms with Crippen LogP contribution in [0.3, 0.4) is 0 Å². The van der Waals surface area contributed by atoms with Gasteiger partial charge in [0.2, 0.25) is 0 Å². The van der Waals surface area contributed by atoms with Crippen molar-refractivity contribution in [2.75, 3.05) is 6.54 Å². The average Bonchev–Trinajstić information content (AvgIpc) is 2.45. The van der Waals surface area contributed by atoms with Crippen LogP contribution in [0.15, 0.2) is 36.7 Å². The molecular weight excluding hydrogens is 246 g/mol. The van der Waals surface area contributed by atoms with Gasteiger partial charge in [-0.05, 0) is 50.1 Å². The second-order valence-electron chi connectivity index (χ2n) is 5.25. The molecule has 2 aromatic rings. The summed E-state index contributed by atoms with van der Waals surface area (Å²) in [7, 11) is 0. The number of rotatable bonds is 6. The number of aromatic nitrogens is 2. The Labute approximate surface area is 121 Å². The monoisotopic (exact) mass is 269 g/mol. The zero-order valence-corrected chi connectivity index (χ0v) is 12.6. The lowest BCUT2D eigenvalue weighted by atomic mass is 10.0. The van der Waals surface area contributed by atoms with E-state index in [0.29, 0.717) is 0 Å². The highest BCUT2D eigenvalue weighted by Crippen LogP contribution is 2.19. The van der Waals surface area contributed by atoms with Crippen LogP contribution in [0, 0.1) is 13.8 Å². The Balaban J connectivity index is 2.22. The fraction of sp³-hybridized carbons (Fsp3) is 0.412. The van der Waals surface area contributed by atoms with E-state index in [1.54, 1.807) is 0 Å². The minimum absolute atomic E-state index is 0.227. The SMILES string of the molecule is CCCNC(Cc1ccccn1)c1ncc(C)cc1C. The summed E-state index contributed by atoms with van der Waals surface area (Å²) in [5, 5.41) is 3.59. The second-order valence-corrected chi connectivity index (χ2v) is 5.25. The summed E-state index contributed by atoms with van der Waals surface area (Å²) in [6.45, 7) is 7.39. The molecular formula is C17H23N3. The summed E-state index contributed by atoms with van der Waals surface area (Å²) in [5.41, 5.74) is 4.69. The molecule has 0 fully saturated rings. The predicted molar refractivity (Wildman–Crippen MR) is 82.7 cm³/mol. The van der Waals surface area contributed by atoms with Gasteiger partial charge >= 0.3 is 0 Å². The fourth-order valence-corrected chi connectivity index (χ4v) is 2.40. The number of hydrogen-bond acceptors (Lipinski definition) is 3. The Hall–Kier alpha value is -1.74. The first-order chi connectivity index (χ1) is 9.70. The summed E-state index contributed by atoms with van der Waals surface area (Å²) < 4.78 is 0. The molecule has 1 atom stereocenters. The highest BCUT2D eigenvalue weighted by atomic mass is 14.9. The Morgan fingerprint density at radius 1 is 1.20 bits per heavy atom. The summed E-state index contributed by atoms with van der Waals surface area (Å²) in [6, 6.07) is 8.48. The first kappa shape index (κ1) is 14.7. The van der Waals surface area contributed by atoms with Gasteiger partial charge < -0.3 is 5.32 Å². The van der Waals surface area contributed by atoms with Crippen LogP contribution in [-0.4, -0.2) is 16.5 Å². The summed E-state index contributed by atoms with van der Waals surface area (Å²) in [5.74, 6) is 0. The smallest absolute Gasteiger partial charge is 0.0606 e. The average molecular weight is 269 g/mol. The Kier molecular flexibility index (Phi) is 5.24. The van der Waals surface area contributed by atoms with Crippen molar-refractivity contribution < 1.29 is 0 Å². The lowest BCUT2D eigenvalue weighted by Gasteiger charge is -2.20. The number of hydrogen-bond donors (Lipinski definition) is 1. The third-order valence-electron chi connectivity index (χ3n) is 3.37. The first-order valence-electron chi connectivity index (χ1n) is 7.27. The molecule has 0 aliphatic rings. The molecule has 2 aromatic heterocycles. The molecule has 1 N–H and O–H groups in total. The molecule has 3 nitrogen and oxygen atoms in total. The Morgan fingerprint density at radius 3 is 2.70 bits per heavy atom. The minimum Gasteiger partial charge on any atom is -0.308 e. The van der Waals surface area contributed by atoms with Crippen LogP contribution in [0.25, 0.3) is 0 Å². The van der Waals surface area contributed by atoms with Crippen LogP contribution in [0.5, 0.6) is 0 Å². The van der Waals surface area contributed by atoms with Crippen molar-refractivity contribution in [3.63, 3.8) is 0 Å². The van der Waals surface area contributed by atoms with E-state index in [0.717, 1.165) is 30.8 Å². The second kappa shape index (κ2) is 7.15. The molecule has 0 aliphatic heterocycles. The third kappa shape index (κ3) is 3.87. The minimum atomic E-state index is 0.227. The van der Waals surface area contributed by atoms with Gasteiger partial charge in [-0.3, -0.25) is 9.97 Å². The van der Waals surface area contributed by atoms with Gasteiger partial charge in [0.1, 0.15) is 0 Å². The topological polar surface area (TPSA) is 37.8 Å². The molecule has 106 valence electrons. The molecule has 0 aromatic carbocycles. The normalized spacial score (nSPS) is 12.3. The molecule has 0 aliphatic carbocycles. The molecule has 1 unspecified atom stereocenters. The quantitative estimate of drug-likeness (QED) is 0.873. The molecule has 2 rings (SSSR count). The first-order valence-corrected chi connectivity index (χ1v) is 7.27. The standard InChI is InChI=1S/C17H23N3/c1-4-8-19-16(11-15-7-5-6-9-18-15)17-14(3)10-13(2)12-20-17/h5-7,9-10,12,16,19H,4,8,11H2,1-3H3.